The van der Waals surface area contributed by atoms with Crippen molar-refractivity contribution in [2.24, 2.45) is 5.92 Å². The van der Waals surface area contributed by atoms with Gasteiger partial charge >= 0.3 is 0 Å². The van der Waals surface area contributed by atoms with Gasteiger partial charge in [0.25, 0.3) is 0 Å². The number of hydrogen-bond donors (Lipinski definition) is 1. The number of nitrogens with one attached hydrogen (secondary N) is 1. The molecule has 1 amide bonds. The summed E-state index contributed by atoms with van der Waals surface area (Å²) >= 11 is 0. The Bertz CT molecular complexity index is 930. The van der Waals surface area contributed by atoms with E-state index in [9.17, 15) is 4.79 Å². The molecule has 0 fully saturated rings. The molecule has 1 aliphatic heterocycles. The molecule has 0 unspecified atom stereocenters. The highest BCUT2D eigenvalue weighted by atomic mass is 16.1. The van der Waals surface area contributed by atoms with Crippen molar-refractivity contribution in [3.05, 3.63) is 79.5 Å². The molecule has 0 radical (unpaired) electrons. The van der Waals surface area contributed by atoms with Gasteiger partial charge in [0.05, 0.1) is 6.20 Å². The molecular formula is C22H22N4O. The van der Waals surface area contributed by atoms with Gasteiger partial charge < -0.3 is 10.2 Å². The number of amides is 1. The van der Waals surface area contributed by atoms with Gasteiger partial charge in [-0.25, -0.2) is 4.68 Å². The average molecular weight is 358 g/mol. The van der Waals surface area contributed by atoms with Crippen LogP contribution in [-0.2, 0) is 11.3 Å². The van der Waals surface area contributed by atoms with E-state index in [-0.39, 0.29) is 11.8 Å². The van der Waals surface area contributed by atoms with Crippen LogP contribution >= 0.6 is 0 Å². The van der Waals surface area contributed by atoms with Crippen molar-refractivity contribution < 1.29 is 4.79 Å². The molecule has 0 bridgehead atoms. The van der Waals surface area contributed by atoms with Crippen LogP contribution in [0.15, 0.2) is 79.5 Å². The summed E-state index contributed by atoms with van der Waals surface area (Å²) in [7, 11) is 0. The molecule has 136 valence electrons. The number of hydrogen-bond acceptors (Lipinski definition) is 3. The molecule has 2 aromatic carbocycles. The lowest BCUT2D eigenvalue weighted by molar-refractivity contribution is -0.116. The Hall–Kier alpha value is -3.34. The van der Waals surface area contributed by atoms with Gasteiger partial charge in [0.1, 0.15) is 5.82 Å². The SMILES string of the molecule is C=CC(=O)NC[C@@H]1CN(c2ccc(-c3ccccc3)cc2)c2ccnn2C1. The van der Waals surface area contributed by atoms with Crippen molar-refractivity contribution >= 4 is 17.4 Å². The lowest BCUT2D eigenvalue weighted by Crippen LogP contribution is -2.41. The Kier molecular flexibility index (Phi) is 4.75. The second kappa shape index (κ2) is 7.50. The van der Waals surface area contributed by atoms with Crippen molar-refractivity contribution in [2.75, 3.05) is 18.0 Å². The van der Waals surface area contributed by atoms with E-state index in [1.165, 1.54) is 17.2 Å². The molecule has 0 saturated carbocycles. The molecule has 1 N–H and O–H groups in total. The zero-order valence-corrected chi connectivity index (χ0v) is 15.1. The van der Waals surface area contributed by atoms with E-state index < -0.39 is 0 Å². The van der Waals surface area contributed by atoms with Crippen molar-refractivity contribution in [3.8, 4) is 11.1 Å². The molecule has 0 spiro atoms. The molecule has 5 nitrogen and oxygen atoms in total. The largest absolute Gasteiger partial charge is 0.352 e. The van der Waals surface area contributed by atoms with Crippen molar-refractivity contribution in [1.29, 1.82) is 0 Å². The molecule has 5 heteroatoms. The highest BCUT2D eigenvalue weighted by Gasteiger charge is 2.26. The van der Waals surface area contributed by atoms with Gasteiger partial charge in [-0.05, 0) is 29.3 Å². The maximum absolute atomic E-state index is 11.5. The van der Waals surface area contributed by atoms with Crippen LogP contribution < -0.4 is 10.2 Å². The molecule has 4 rings (SSSR count). The third-order valence-electron chi connectivity index (χ3n) is 4.88. The van der Waals surface area contributed by atoms with Crippen LogP contribution in [0, 0.1) is 5.92 Å². The number of anilines is 2. The number of benzene rings is 2. The third kappa shape index (κ3) is 3.62. The highest BCUT2D eigenvalue weighted by molar-refractivity contribution is 5.86. The van der Waals surface area contributed by atoms with Crippen molar-refractivity contribution in [1.82, 2.24) is 15.1 Å². The van der Waals surface area contributed by atoms with E-state index in [2.05, 4.69) is 70.4 Å². The minimum absolute atomic E-state index is 0.139. The van der Waals surface area contributed by atoms with Gasteiger partial charge in [-0.3, -0.25) is 4.79 Å². The van der Waals surface area contributed by atoms with Gasteiger partial charge in [0.15, 0.2) is 0 Å². The molecular weight excluding hydrogens is 336 g/mol. The smallest absolute Gasteiger partial charge is 0.243 e. The number of fused-ring (bicyclic) bond motifs is 1. The van der Waals surface area contributed by atoms with Crippen LogP contribution in [-0.4, -0.2) is 28.8 Å². The molecule has 27 heavy (non-hydrogen) atoms. The Morgan fingerprint density at radius 3 is 2.56 bits per heavy atom. The average Bonchev–Trinajstić information content (AvgIpc) is 3.21. The first kappa shape index (κ1) is 17.1. The molecule has 1 atom stereocenters. The summed E-state index contributed by atoms with van der Waals surface area (Å²) in [5.74, 6) is 1.21. The maximum atomic E-state index is 11.5. The number of carbonyl (C=O) groups is 1. The predicted octanol–water partition coefficient (Wildman–Crippen LogP) is 3.62. The Balaban J connectivity index is 1.56. The lowest BCUT2D eigenvalue weighted by atomic mass is 10.0. The van der Waals surface area contributed by atoms with Crippen LogP contribution in [0.4, 0.5) is 11.5 Å². The summed E-state index contributed by atoms with van der Waals surface area (Å²) in [4.78, 5) is 13.8. The molecule has 1 aromatic heterocycles. The standard InChI is InChI=1S/C22H22N4O/c1-2-21(27)23-14-17-15-25(22-12-13-24-26(22)16-17)20-10-8-19(9-11-20)18-6-4-3-5-7-18/h2-13,17H,1,14-16H2,(H,23,27)/t17-/m1/s1. The van der Waals surface area contributed by atoms with E-state index in [0.29, 0.717) is 6.54 Å². The minimum Gasteiger partial charge on any atom is -0.352 e. The van der Waals surface area contributed by atoms with Crippen LogP contribution in [0.25, 0.3) is 11.1 Å². The monoisotopic (exact) mass is 358 g/mol. The second-order valence-electron chi connectivity index (χ2n) is 6.71. The zero-order chi connectivity index (χ0) is 18.6. The van der Waals surface area contributed by atoms with E-state index >= 15 is 0 Å². The zero-order valence-electron chi connectivity index (χ0n) is 15.1. The summed E-state index contributed by atoms with van der Waals surface area (Å²) in [6.07, 6.45) is 3.13. The Labute approximate surface area is 158 Å². The predicted molar refractivity (Wildman–Crippen MR) is 108 cm³/mol. The summed E-state index contributed by atoms with van der Waals surface area (Å²) in [5.41, 5.74) is 3.52. The molecule has 2 heterocycles. The first-order chi connectivity index (χ1) is 13.2. The van der Waals surface area contributed by atoms with Crippen LogP contribution in [0.1, 0.15) is 0 Å². The van der Waals surface area contributed by atoms with Crippen molar-refractivity contribution in [3.63, 3.8) is 0 Å². The first-order valence-electron chi connectivity index (χ1n) is 9.09. The normalized spacial score (nSPS) is 15.9. The van der Waals surface area contributed by atoms with Crippen LogP contribution in [0.5, 0.6) is 0 Å². The Morgan fingerprint density at radius 2 is 1.81 bits per heavy atom. The fraction of sp³-hybridized carbons (Fsp3) is 0.182. The van der Waals surface area contributed by atoms with E-state index in [0.717, 1.165) is 24.6 Å². The van der Waals surface area contributed by atoms with Gasteiger partial charge in [-0.2, -0.15) is 5.10 Å². The van der Waals surface area contributed by atoms with E-state index in [1.807, 2.05) is 23.0 Å². The van der Waals surface area contributed by atoms with Crippen LogP contribution in [0.3, 0.4) is 0 Å². The number of nitrogens with zero attached hydrogens (tertiary/aromatic N) is 3. The fourth-order valence-corrected chi connectivity index (χ4v) is 3.50. The molecule has 0 saturated heterocycles. The van der Waals surface area contributed by atoms with E-state index in [1.54, 1.807) is 0 Å². The summed E-state index contributed by atoms with van der Waals surface area (Å²) in [5, 5.41) is 7.34. The summed E-state index contributed by atoms with van der Waals surface area (Å²) in [6.45, 7) is 5.72. The Morgan fingerprint density at radius 1 is 1.07 bits per heavy atom. The van der Waals surface area contributed by atoms with Gasteiger partial charge in [-0.1, -0.05) is 49.0 Å². The number of carbonyl (C=O) groups excluding carboxylic acids is 1. The highest BCUT2D eigenvalue weighted by Crippen LogP contribution is 2.32. The maximum Gasteiger partial charge on any atom is 0.243 e. The second-order valence-corrected chi connectivity index (χ2v) is 6.71. The number of aromatic nitrogens is 2. The van der Waals surface area contributed by atoms with Crippen LogP contribution in [0.2, 0.25) is 0 Å². The number of rotatable bonds is 5. The molecule has 0 aliphatic carbocycles. The van der Waals surface area contributed by atoms with Gasteiger partial charge in [0.2, 0.25) is 5.91 Å². The van der Waals surface area contributed by atoms with Gasteiger partial charge in [0, 0.05) is 37.3 Å². The fourth-order valence-electron chi connectivity index (χ4n) is 3.50. The quantitative estimate of drug-likeness (QED) is 0.709. The summed E-state index contributed by atoms with van der Waals surface area (Å²) in [6, 6.07) is 21.0. The topological polar surface area (TPSA) is 50.2 Å². The van der Waals surface area contributed by atoms with Gasteiger partial charge in [-0.15, -0.1) is 0 Å². The van der Waals surface area contributed by atoms with Crippen molar-refractivity contribution in [2.45, 2.75) is 6.54 Å². The summed E-state index contributed by atoms with van der Waals surface area (Å²) < 4.78 is 2.00. The van der Waals surface area contributed by atoms with E-state index in [4.69, 9.17) is 0 Å². The third-order valence-corrected chi connectivity index (χ3v) is 4.88. The lowest BCUT2D eigenvalue weighted by Gasteiger charge is -2.35. The first-order valence-corrected chi connectivity index (χ1v) is 9.09. The minimum atomic E-state index is -0.139. The molecule has 1 aliphatic rings. The molecule has 3 aromatic rings.